The van der Waals surface area contributed by atoms with Crippen molar-refractivity contribution in [3.8, 4) is 11.5 Å². The molecule has 3 rings (SSSR count). The highest BCUT2D eigenvalue weighted by Gasteiger charge is 2.19. The topological polar surface area (TPSA) is 39.1 Å². The standard InChI is InChI=1S/C12H12ClN3O/c13-11-3-1-2-4-12(11)17-10-7-15-16(8-10)9-5-14-6-9/h1-4,7-9,14H,5-6H2. The molecule has 0 atom stereocenters. The molecule has 1 saturated heterocycles. The van der Waals surface area contributed by atoms with E-state index in [-0.39, 0.29) is 0 Å². The fourth-order valence-electron chi connectivity index (χ4n) is 1.69. The average molecular weight is 250 g/mol. The zero-order chi connectivity index (χ0) is 11.7. The van der Waals surface area contributed by atoms with Crippen LogP contribution >= 0.6 is 11.6 Å². The molecular formula is C12H12ClN3O. The normalized spacial score (nSPS) is 15.6. The van der Waals surface area contributed by atoms with E-state index in [2.05, 4.69) is 10.4 Å². The van der Waals surface area contributed by atoms with E-state index in [0.29, 0.717) is 22.6 Å². The maximum Gasteiger partial charge on any atom is 0.165 e. The molecule has 0 radical (unpaired) electrons. The molecule has 17 heavy (non-hydrogen) atoms. The zero-order valence-electron chi connectivity index (χ0n) is 9.14. The summed E-state index contributed by atoms with van der Waals surface area (Å²) in [5.41, 5.74) is 0. The molecule has 88 valence electrons. The van der Waals surface area contributed by atoms with Gasteiger partial charge in [-0.05, 0) is 12.1 Å². The first kappa shape index (κ1) is 10.6. The van der Waals surface area contributed by atoms with E-state index in [1.165, 1.54) is 0 Å². The van der Waals surface area contributed by atoms with Crippen LogP contribution in [0.5, 0.6) is 11.5 Å². The number of para-hydroxylation sites is 1. The summed E-state index contributed by atoms with van der Waals surface area (Å²) in [5.74, 6) is 1.37. The minimum atomic E-state index is 0.443. The van der Waals surface area contributed by atoms with Gasteiger partial charge in [0.1, 0.15) is 5.75 Å². The second-order valence-corrected chi connectivity index (χ2v) is 4.41. The van der Waals surface area contributed by atoms with E-state index in [4.69, 9.17) is 16.3 Å². The van der Waals surface area contributed by atoms with Crippen molar-refractivity contribution in [1.29, 1.82) is 0 Å². The number of aromatic nitrogens is 2. The first-order valence-electron chi connectivity index (χ1n) is 5.50. The lowest BCUT2D eigenvalue weighted by atomic mass is 10.2. The predicted molar refractivity (Wildman–Crippen MR) is 65.7 cm³/mol. The molecule has 1 aromatic carbocycles. The summed E-state index contributed by atoms with van der Waals surface area (Å²) in [6, 6.07) is 7.85. The minimum absolute atomic E-state index is 0.443. The molecular weight excluding hydrogens is 238 g/mol. The Morgan fingerprint density at radius 1 is 1.35 bits per heavy atom. The Labute approximate surface area is 104 Å². The van der Waals surface area contributed by atoms with Crippen molar-refractivity contribution < 1.29 is 4.74 Å². The highest BCUT2D eigenvalue weighted by Crippen LogP contribution is 2.29. The fraction of sp³-hybridized carbons (Fsp3) is 0.250. The number of ether oxygens (including phenoxy) is 1. The van der Waals surface area contributed by atoms with Gasteiger partial charge in [-0.3, -0.25) is 4.68 Å². The van der Waals surface area contributed by atoms with Gasteiger partial charge in [0, 0.05) is 13.1 Å². The number of rotatable bonds is 3. The Hall–Kier alpha value is -1.52. The summed E-state index contributed by atoms with van der Waals surface area (Å²) >= 11 is 6.02. The molecule has 0 spiro atoms. The lowest BCUT2D eigenvalue weighted by Gasteiger charge is -2.26. The van der Waals surface area contributed by atoms with Gasteiger partial charge in [-0.1, -0.05) is 23.7 Å². The van der Waals surface area contributed by atoms with E-state index < -0.39 is 0 Å². The Morgan fingerprint density at radius 3 is 2.88 bits per heavy atom. The molecule has 1 aliphatic rings. The van der Waals surface area contributed by atoms with Gasteiger partial charge in [0.2, 0.25) is 0 Å². The first-order chi connectivity index (χ1) is 8.33. The van der Waals surface area contributed by atoms with Crippen molar-refractivity contribution in [3.05, 3.63) is 41.7 Å². The average Bonchev–Trinajstić information content (AvgIpc) is 2.67. The SMILES string of the molecule is Clc1ccccc1Oc1cnn(C2CNC2)c1. The summed E-state index contributed by atoms with van der Waals surface area (Å²) in [6.45, 7) is 1.93. The van der Waals surface area contributed by atoms with Crippen LogP contribution < -0.4 is 10.1 Å². The van der Waals surface area contributed by atoms with Gasteiger partial charge in [-0.25, -0.2) is 0 Å². The maximum absolute atomic E-state index is 6.02. The third kappa shape index (κ3) is 2.14. The van der Waals surface area contributed by atoms with Gasteiger partial charge in [-0.15, -0.1) is 0 Å². The van der Waals surface area contributed by atoms with Crippen molar-refractivity contribution >= 4 is 11.6 Å². The second kappa shape index (κ2) is 4.39. The van der Waals surface area contributed by atoms with Crippen molar-refractivity contribution in [2.75, 3.05) is 13.1 Å². The molecule has 4 nitrogen and oxygen atoms in total. The lowest BCUT2D eigenvalue weighted by molar-refractivity contribution is 0.317. The predicted octanol–water partition coefficient (Wildman–Crippen LogP) is 2.47. The number of halogens is 1. The second-order valence-electron chi connectivity index (χ2n) is 4.00. The highest BCUT2D eigenvalue weighted by atomic mass is 35.5. The van der Waals surface area contributed by atoms with Crippen molar-refractivity contribution in [1.82, 2.24) is 15.1 Å². The molecule has 1 N–H and O–H groups in total. The molecule has 1 fully saturated rings. The number of hydrogen-bond donors (Lipinski definition) is 1. The molecule has 0 unspecified atom stereocenters. The number of hydrogen-bond acceptors (Lipinski definition) is 3. The van der Waals surface area contributed by atoms with Crippen LogP contribution in [0.15, 0.2) is 36.7 Å². The van der Waals surface area contributed by atoms with Gasteiger partial charge in [0.15, 0.2) is 5.75 Å². The Bertz CT molecular complexity index is 522. The Morgan fingerprint density at radius 2 is 2.18 bits per heavy atom. The molecule has 0 bridgehead atoms. The van der Waals surface area contributed by atoms with Crippen molar-refractivity contribution in [2.24, 2.45) is 0 Å². The van der Waals surface area contributed by atoms with E-state index >= 15 is 0 Å². The van der Waals surface area contributed by atoms with Gasteiger partial charge in [0.05, 0.1) is 23.5 Å². The molecule has 5 heteroatoms. The molecule has 2 heterocycles. The highest BCUT2D eigenvalue weighted by molar-refractivity contribution is 6.32. The summed E-state index contributed by atoms with van der Waals surface area (Å²) in [4.78, 5) is 0. The number of nitrogens with one attached hydrogen (secondary N) is 1. The summed E-state index contributed by atoms with van der Waals surface area (Å²) in [7, 11) is 0. The van der Waals surface area contributed by atoms with E-state index in [9.17, 15) is 0 Å². The van der Waals surface area contributed by atoms with Crippen molar-refractivity contribution in [3.63, 3.8) is 0 Å². The first-order valence-corrected chi connectivity index (χ1v) is 5.88. The van der Waals surface area contributed by atoms with Crippen molar-refractivity contribution in [2.45, 2.75) is 6.04 Å². The Kier molecular flexibility index (Phi) is 2.74. The third-order valence-corrected chi connectivity index (χ3v) is 3.09. The quantitative estimate of drug-likeness (QED) is 0.908. The van der Waals surface area contributed by atoms with E-state index in [0.717, 1.165) is 13.1 Å². The summed E-state index contributed by atoms with van der Waals surface area (Å²) < 4.78 is 7.59. The molecule has 1 aliphatic heterocycles. The molecule has 2 aromatic rings. The number of nitrogens with zero attached hydrogens (tertiary/aromatic N) is 2. The zero-order valence-corrected chi connectivity index (χ0v) is 9.89. The van der Waals surface area contributed by atoms with Gasteiger partial charge < -0.3 is 10.1 Å². The molecule has 0 saturated carbocycles. The number of benzene rings is 1. The van der Waals surface area contributed by atoms with Crippen LogP contribution in [0.1, 0.15) is 6.04 Å². The van der Waals surface area contributed by atoms with Crippen LogP contribution in [0.2, 0.25) is 5.02 Å². The van der Waals surface area contributed by atoms with Gasteiger partial charge in [-0.2, -0.15) is 5.10 Å². The van der Waals surface area contributed by atoms with Crippen LogP contribution in [0.4, 0.5) is 0 Å². The third-order valence-electron chi connectivity index (χ3n) is 2.78. The molecule has 0 aliphatic carbocycles. The molecule has 1 aromatic heterocycles. The van der Waals surface area contributed by atoms with Crippen LogP contribution in [0.25, 0.3) is 0 Å². The molecule has 0 amide bonds. The van der Waals surface area contributed by atoms with E-state index in [1.807, 2.05) is 29.1 Å². The lowest BCUT2D eigenvalue weighted by Crippen LogP contribution is -2.43. The van der Waals surface area contributed by atoms with Crippen LogP contribution in [0, 0.1) is 0 Å². The monoisotopic (exact) mass is 249 g/mol. The largest absolute Gasteiger partial charge is 0.452 e. The van der Waals surface area contributed by atoms with Crippen LogP contribution in [0.3, 0.4) is 0 Å². The van der Waals surface area contributed by atoms with Gasteiger partial charge in [0.25, 0.3) is 0 Å². The van der Waals surface area contributed by atoms with Gasteiger partial charge >= 0.3 is 0 Å². The van der Waals surface area contributed by atoms with Crippen LogP contribution in [-0.2, 0) is 0 Å². The maximum atomic E-state index is 6.02. The smallest absolute Gasteiger partial charge is 0.165 e. The van der Waals surface area contributed by atoms with E-state index in [1.54, 1.807) is 12.3 Å². The summed E-state index contributed by atoms with van der Waals surface area (Å²) in [6.07, 6.45) is 3.61. The van der Waals surface area contributed by atoms with Crippen LogP contribution in [-0.4, -0.2) is 22.9 Å². The Balaban J connectivity index is 1.76. The summed E-state index contributed by atoms with van der Waals surface area (Å²) in [5, 5.41) is 8.08. The fourth-order valence-corrected chi connectivity index (χ4v) is 1.86. The minimum Gasteiger partial charge on any atom is -0.452 e.